The predicted octanol–water partition coefficient (Wildman–Crippen LogP) is 1.27. The van der Waals surface area contributed by atoms with E-state index in [-0.39, 0.29) is 5.97 Å². The van der Waals surface area contributed by atoms with Crippen LogP contribution in [0.5, 0.6) is 0 Å². The van der Waals surface area contributed by atoms with E-state index in [4.69, 9.17) is 4.74 Å². The van der Waals surface area contributed by atoms with E-state index in [1.54, 1.807) is 4.52 Å². The molecule has 0 N–H and O–H groups in total. The molecule has 94 valence electrons. The summed E-state index contributed by atoms with van der Waals surface area (Å²) in [4.78, 5) is 12.6. The van der Waals surface area contributed by atoms with Crippen molar-refractivity contribution in [3.8, 4) is 0 Å². The number of rotatable bonds is 3. The number of nitrogens with zero attached hydrogens (tertiary/aromatic N) is 4. The normalized spacial score (nSPS) is 21.2. The van der Waals surface area contributed by atoms with Gasteiger partial charge in [-0.05, 0) is 25.7 Å². The Bertz CT molecular complexity index is 639. The minimum absolute atomic E-state index is 0.180. The number of esters is 1. The second-order valence-electron chi connectivity index (χ2n) is 5.01. The summed E-state index contributed by atoms with van der Waals surface area (Å²) in [6.45, 7) is 0. The smallest absolute Gasteiger partial charge is 0.318 e. The Morgan fingerprint density at radius 3 is 2.83 bits per heavy atom. The number of methoxy groups -OCH3 is 1. The van der Waals surface area contributed by atoms with Crippen LogP contribution < -0.4 is 0 Å². The third-order valence-electron chi connectivity index (χ3n) is 3.69. The largest absolute Gasteiger partial charge is 0.468 e. The Hall–Kier alpha value is -1.50. The van der Waals surface area contributed by atoms with E-state index in [0.717, 1.165) is 41.5 Å². The highest BCUT2D eigenvalue weighted by Gasteiger charge is 2.55. The molecule has 2 saturated carbocycles. The predicted molar refractivity (Wildman–Crippen MR) is 63.6 cm³/mol. The molecule has 2 aliphatic carbocycles. The van der Waals surface area contributed by atoms with E-state index < -0.39 is 5.41 Å². The molecule has 2 heterocycles. The van der Waals surface area contributed by atoms with Gasteiger partial charge < -0.3 is 4.74 Å². The first-order valence-corrected chi connectivity index (χ1v) is 6.87. The molecule has 2 aliphatic rings. The van der Waals surface area contributed by atoms with E-state index in [1.165, 1.54) is 18.4 Å². The van der Waals surface area contributed by atoms with Crippen molar-refractivity contribution in [2.75, 3.05) is 7.11 Å². The average Bonchev–Trinajstić information content (AvgIpc) is 3.28. The molecule has 0 amide bonds. The fourth-order valence-corrected chi connectivity index (χ4v) is 3.33. The highest BCUT2D eigenvalue weighted by Crippen LogP contribution is 2.50. The second-order valence-corrected chi connectivity index (χ2v) is 5.96. The molecule has 6 nitrogen and oxygen atoms in total. The van der Waals surface area contributed by atoms with Gasteiger partial charge in [-0.1, -0.05) is 11.3 Å². The Kier molecular flexibility index (Phi) is 1.90. The summed E-state index contributed by atoms with van der Waals surface area (Å²) >= 11 is 1.45. The van der Waals surface area contributed by atoms with Crippen LogP contribution in [-0.2, 0) is 14.9 Å². The van der Waals surface area contributed by atoms with Gasteiger partial charge in [-0.2, -0.15) is 9.61 Å². The van der Waals surface area contributed by atoms with Gasteiger partial charge in [0.25, 0.3) is 0 Å². The van der Waals surface area contributed by atoms with Gasteiger partial charge in [0.2, 0.25) is 4.96 Å². The molecule has 0 bridgehead atoms. The first-order chi connectivity index (χ1) is 8.74. The van der Waals surface area contributed by atoms with E-state index in [2.05, 4.69) is 15.3 Å². The fourth-order valence-electron chi connectivity index (χ4n) is 2.25. The van der Waals surface area contributed by atoms with Gasteiger partial charge in [0.05, 0.1) is 7.11 Å². The van der Waals surface area contributed by atoms with Crippen LogP contribution in [0.3, 0.4) is 0 Å². The topological polar surface area (TPSA) is 69.4 Å². The van der Waals surface area contributed by atoms with Crippen LogP contribution in [0, 0.1) is 0 Å². The lowest BCUT2D eigenvalue weighted by atomic mass is 10.1. The fraction of sp³-hybridized carbons (Fsp3) is 0.636. The van der Waals surface area contributed by atoms with Crippen molar-refractivity contribution >= 4 is 22.3 Å². The number of carbonyl (C=O) groups excluding carboxylic acids is 1. The number of hydrogen-bond donors (Lipinski definition) is 0. The summed E-state index contributed by atoms with van der Waals surface area (Å²) in [6, 6.07) is 0. The molecule has 2 aromatic heterocycles. The van der Waals surface area contributed by atoms with E-state index >= 15 is 0 Å². The van der Waals surface area contributed by atoms with Crippen molar-refractivity contribution < 1.29 is 9.53 Å². The minimum atomic E-state index is -0.499. The van der Waals surface area contributed by atoms with Gasteiger partial charge in [0.15, 0.2) is 5.82 Å². The third kappa shape index (κ3) is 1.28. The molecule has 18 heavy (non-hydrogen) atoms. The zero-order chi connectivity index (χ0) is 12.3. The highest BCUT2D eigenvalue weighted by molar-refractivity contribution is 7.17. The molecule has 7 heteroatoms. The maximum Gasteiger partial charge on any atom is 0.318 e. The maximum atomic E-state index is 11.8. The van der Waals surface area contributed by atoms with Crippen LogP contribution in [0.25, 0.3) is 4.96 Å². The zero-order valence-corrected chi connectivity index (χ0v) is 10.7. The molecule has 2 fully saturated rings. The summed E-state index contributed by atoms with van der Waals surface area (Å²) in [5.41, 5.74) is -0.499. The second kappa shape index (κ2) is 3.28. The van der Waals surface area contributed by atoms with Crippen LogP contribution >= 0.6 is 11.3 Å². The molecule has 0 atom stereocenters. The number of carbonyl (C=O) groups is 1. The van der Waals surface area contributed by atoms with Gasteiger partial charge in [0.1, 0.15) is 10.4 Å². The van der Waals surface area contributed by atoms with Crippen LogP contribution in [0.4, 0.5) is 0 Å². The lowest BCUT2D eigenvalue weighted by Crippen LogP contribution is -2.22. The Labute approximate surface area is 107 Å². The van der Waals surface area contributed by atoms with Gasteiger partial charge in [-0.3, -0.25) is 4.79 Å². The number of fused-ring (bicyclic) bond motifs is 1. The number of hydrogen-bond acceptors (Lipinski definition) is 6. The first kappa shape index (κ1) is 10.4. The van der Waals surface area contributed by atoms with Crippen molar-refractivity contribution in [1.29, 1.82) is 0 Å². The van der Waals surface area contributed by atoms with E-state index in [1.807, 2.05) is 0 Å². The van der Waals surface area contributed by atoms with Crippen molar-refractivity contribution in [2.24, 2.45) is 0 Å². The van der Waals surface area contributed by atoms with Crippen LogP contribution in [0.2, 0.25) is 0 Å². The van der Waals surface area contributed by atoms with E-state index in [9.17, 15) is 4.79 Å². The average molecular weight is 264 g/mol. The van der Waals surface area contributed by atoms with Crippen LogP contribution in [0.15, 0.2) is 0 Å². The maximum absolute atomic E-state index is 11.8. The molecular formula is C11H12N4O2S. The molecule has 2 aromatic rings. The molecule has 0 aliphatic heterocycles. The highest BCUT2D eigenvalue weighted by atomic mass is 32.1. The van der Waals surface area contributed by atoms with Gasteiger partial charge in [-0.25, -0.2) is 0 Å². The van der Waals surface area contributed by atoms with Crippen molar-refractivity contribution in [1.82, 2.24) is 19.8 Å². The molecule has 4 rings (SSSR count). The van der Waals surface area contributed by atoms with Crippen LogP contribution in [-0.4, -0.2) is 32.9 Å². The molecule has 0 aromatic carbocycles. The minimum Gasteiger partial charge on any atom is -0.468 e. The standard InChI is InChI=1S/C11H12N4O2S/c1-17-9(16)11(4-5-11)8-14-15-7(6-2-3-6)12-13-10(15)18-8/h6H,2-5H2,1H3. The number of aromatic nitrogens is 4. The molecule has 0 saturated heterocycles. The van der Waals surface area contributed by atoms with Crippen molar-refractivity contribution in [2.45, 2.75) is 37.0 Å². The Morgan fingerprint density at radius 1 is 1.44 bits per heavy atom. The van der Waals surface area contributed by atoms with Crippen molar-refractivity contribution in [3.05, 3.63) is 10.8 Å². The summed E-state index contributed by atoms with van der Waals surface area (Å²) in [7, 11) is 1.43. The number of ether oxygens (including phenoxy) is 1. The molecule has 0 radical (unpaired) electrons. The Balaban J connectivity index is 1.80. The molecular weight excluding hydrogens is 252 g/mol. The summed E-state index contributed by atoms with van der Waals surface area (Å²) < 4.78 is 6.68. The van der Waals surface area contributed by atoms with Gasteiger partial charge in [0, 0.05) is 5.92 Å². The Morgan fingerprint density at radius 2 is 2.22 bits per heavy atom. The monoisotopic (exact) mass is 264 g/mol. The van der Waals surface area contributed by atoms with Crippen LogP contribution in [0.1, 0.15) is 42.4 Å². The van der Waals surface area contributed by atoms with Crippen molar-refractivity contribution in [3.63, 3.8) is 0 Å². The summed E-state index contributed by atoms with van der Waals surface area (Å²) in [5.74, 6) is 1.26. The lowest BCUT2D eigenvalue weighted by molar-refractivity contribution is -0.143. The molecule has 0 spiro atoms. The van der Waals surface area contributed by atoms with E-state index in [0.29, 0.717) is 5.92 Å². The van der Waals surface area contributed by atoms with Gasteiger partial charge >= 0.3 is 5.97 Å². The lowest BCUT2D eigenvalue weighted by Gasteiger charge is -2.07. The SMILES string of the molecule is COC(=O)C1(c2nn3c(C4CC4)nnc3s2)CC1. The summed E-state index contributed by atoms with van der Waals surface area (Å²) in [5, 5.41) is 13.7. The van der Waals surface area contributed by atoms with Gasteiger partial charge in [-0.15, -0.1) is 10.2 Å². The molecule has 0 unspecified atom stereocenters. The third-order valence-corrected chi connectivity index (χ3v) is 4.80. The quantitative estimate of drug-likeness (QED) is 0.781. The zero-order valence-electron chi connectivity index (χ0n) is 9.92. The first-order valence-electron chi connectivity index (χ1n) is 6.06. The summed E-state index contributed by atoms with van der Waals surface area (Å²) in [6.07, 6.45) is 3.97.